The van der Waals surface area contributed by atoms with Crippen LogP contribution in [-0.2, 0) is 4.57 Å². The van der Waals surface area contributed by atoms with E-state index in [1.54, 1.807) is 12.1 Å². The van der Waals surface area contributed by atoms with Crippen LogP contribution in [0.2, 0.25) is 0 Å². The van der Waals surface area contributed by atoms with Crippen molar-refractivity contribution >= 4 is 18.0 Å². The third-order valence-corrected chi connectivity index (χ3v) is 5.29. The van der Waals surface area contributed by atoms with E-state index in [0.29, 0.717) is 23.0 Å². The Labute approximate surface area is 135 Å². The second-order valence-corrected chi connectivity index (χ2v) is 6.90. The molecular weight excluding hydrogens is 319 g/mol. The highest BCUT2D eigenvalue weighted by Gasteiger charge is 2.27. The van der Waals surface area contributed by atoms with Crippen molar-refractivity contribution in [1.29, 1.82) is 0 Å². The molecule has 2 aromatic carbocycles. The second kappa shape index (κ2) is 6.94. The lowest BCUT2D eigenvalue weighted by Gasteiger charge is -2.16. The van der Waals surface area contributed by atoms with Crippen molar-refractivity contribution in [1.82, 2.24) is 0 Å². The lowest BCUT2D eigenvalue weighted by atomic mass is 10.3. The van der Waals surface area contributed by atoms with Gasteiger partial charge in [0.1, 0.15) is 23.0 Å². The van der Waals surface area contributed by atoms with Gasteiger partial charge < -0.3 is 23.8 Å². The van der Waals surface area contributed by atoms with E-state index in [1.807, 2.05) is 0 Å². The average molecular weight is 338 g/mol. The van der Waals surface area contributed by atoms with Crippen LogP contribution >= 0.6 is 7.37 Å². The molecule has 0 aliphatic carbocycles. The molecule has 0 unspecified atom stereocenters. The first-order valence-electron chi connectivity index (χ1n) is 6.74. The summed E-state index contributed by atoms with van der Waals surface area (Å²) in [6.45, 7) is 0. The monoisotopic (exact) mass is 338 g/mol. The van der Waals surface area contributed by atoms with E-state index < -0.39 is 7.37 Å². The molecule has 124 valence electrons. The van der Waals surface area contributed by atoms with Crippen LogP contribution in [0.15, 0.2) is 36.4 Å². The van der Waals surface area contributed by atoms with E-state index in [1.165, 1.54) is 52.7 Å². The van der Waals surface area contributed by atoms with Gasteiger partial charge in [-0.1, -0.05) is 0 Å². The van der Waals surface area contributed by atoms with Gasteiger partial charge in [0.05, 0.1) is 28.4 Å². The van der Waals surface area contributed by atoms with Gasteiger partial charge in [-0.25, -0.2) is 0 Å². The molecular formula is C16H19O6P. The molecule has 0 atom stereocenters. The summed E-state index contributed by atoms with van der Waals surface area (Å²) >= 11 is 0. The Bertz CT molecular complexity index is 639. The zero-order valence-corrected chi connectivity index (χ0v) is 14.3. The van der Waals surface area contributed by atoms with Crippen molar-refractivity contribution in [3.63, 3.8) is 0 Å². The van der Waals surface area contributed by atoms with Crippen molar-refractivity contribution in [2.24, 2.45) is 0 Å². The predicted octanol–water partition coefficient (Wildman–Crippen LogP) is 1.94. The van der Waals surface area contributed by atoms with E-state index in [-0.39, 0.29) is 10.6 Å². The molecule has 2 aromatic rings. The van der Waals surface area contributed by atoms with Crippen LogP contribution in [0, 0.1) is 0 Å². The van der Waals surface area contributed by atoms with Gasteiger partial charge >= 0.3 is 0 Å². The van der Waals surface area contributed by atoms with Gasteiger partial charge in [0.2, 0.25) is 0 Å². The predicted molar refractivity (Wildman–Crippen MR) is 88.2 cm³/mol. The summed E-state index contributed by atoms with van der Waals surface area (Å²) in [4.78, 5) is 10.7. The minimum atomic E-state index is -3.88. The van der Waals surface area contributed by atoms with Crippen LogP contribution in [0.4, 0.5) is 0 Å². The maximum Gasteiger partial charge on any atom is 0.259 e. The summed E-state index contributed by atoms with van der Waals surface area (Å²) in [6.07, 6.45) is 0. The molecule has 7 heteroatoms. The Morgan fingerprint density at radius 2 is 0.913 bits per heavy atom. The first kappa shape index (κ1) is 17.2. The smallest absolute Gasteiger partial charge is 0.259 e. The molecule has 2 rings (SSSR count). The topological polar surface area (TPSA) is 74.2 Å². The minimum absolute atomic E-state index is 0.198. The van der Waals surface area contributed by atoms with Crippen LogP contribution in [0.5, 0.6) is 23.0 Å². The third-order valence-electron chi connectivity index (χ3n) is 3.37. The molecule has 0 bridgehead atoms. The number of ether oxygens (including phenoxy) is 4. The minimum Gasteiger partial charge on any atom is -0.497 e. The Morgan fingerprint density at radius 1 is 0.652 bits per heavy atom. The lowest BCUT2D eigenvalue weighted by molar-refractivity contribution is 0.394. The fraction of sp³-hybridized carbons (Fsp3) is 0.250. The van der Waals surface area contributed by atoms with Crippen LogP contribution in [0.25, 0.3) is 0 Å². The molecule has 0 aliphatic rings. The van der Waals surface area contributed by atoms with Gasteiger partial charge in [0.15, 0.2) is 0 Å². The molecule has 0 heterocycles. The summed E-state index contributed by atoms with van der Waals surface area (Å²) < 4.78 is 33.6. The van der Waals surface area contributed by atoms with Gasteiger partial charge in [-0.15, -0.1) is 0 Å². The van der Waals surface area contributed by atoms with Gasteiger partial charge in [-0.05, 0) is 24.3 Å². The Balaban J connectivity index is 2.59. The summed E-state index contributed by atoms with van der Waals surface area (Å²) in [7, 11) is 2.05. The second-order valence-electron chi connectivity index (χ2n) is 4.72. The Kier molecular flexibility index (Phi) is 5.19. The van der Waals surface area contributed by atoms with E-state index in [9.17, 15) is 9.46 Å². The van der Waals surface area contributed by atoms with E-state index in [4.69, 9.17) is 18.9 Å². The van der Waals surface area contributed by atoms with E-state index in [0.717, 1.165) is 0 Å². The van der Waals surface area contributed by atoms with Crippen LogP contribution in [0.1, 0.15) is 0 Å². The van der Waals surface area contributed by atoms with Crippen molar-refractivity contribution in [2.45, 2.75) is 0 Å². The number of benzene rings is 2. The van der Waals surface area contributed by atoms with Crippen LogP contribution < -0.4 is 29.6 Å². The highest BCUT2D eigenvalue weighted by Crippen LogP contribution is 2.42. The van der Waals surface area contributed by atoms with Crippen LogP contribution in [0.3, 0.4) is 0 Å². The summed E-state index contributed by atoms with van der Waals surface area (Å²) in [5, 5.41) is 0.396. The molecule has 0 aromatic heterocycles. The van der Waals surface area contributed by atoms with Crippen molar-refractivity contribution in [2.75, 3.05) is 28.4 Å². The molecule has 1 N–H and O–H groups in total. The first-order chi connectivity index (χ1) is 10.9. The summed E-state index contributed by atoms with van der Waals surface area (Å²) in [5.74, 6) is 1.74. The summed E-state index contributed by atoms with van der Waals surface area (Å²) in [6, 6.07) is 9.31. The van der Waals surface area contributed by atoms with Crippen molar-refractivity contribution < 1.29 is 28.4 Å². The molecule has 0 amide bonds. The zero-order chi connectivity index (χ0) is 17.0. The largest absolute Gasteiger partial charge is 0.497 e. The molecule has 0 saturated heterocycles. The number of methoxy groups -OCH3 is 4. The van der Waals surface area contributed by atoms with Gasteiger partial charge in [-0.3, -0.25) is 4.57 Å². The molecule has 23 heavy (non-hydrogen) atoms. The maximum atomic E-state index is 13.0. The van der Waals surface area contributed by atoms with Gasteiger partial charge in [-0.2, -0.15) is 0 Å². The number of rotatable bonds is 6. The van der Waals surface area contributed by atoms with Gasteiger partial charge in [0.25, 0.3) is 7.37 Å². The third kappa shape index (κ3) is 3.60. The first-order valence-corrected chi connectivity index (χ1v) is 8.40. The summed E-state index contributed by atoms with van der Waals surface area (Å²) in [5.41, 5.74) is 0. The standard InChI is InChI=1S/C16H19O6P/c1-19-11-5-12(20-2)8-15(7-11)23(17,18)16-9-13(21-3)6-14(10-16)22-4/h5-10H,1-4H3,(H,17,18). The fourth-order valence-electron chi connectivity index (χ4n) is 2.08. The lowest BCUT2D eigenvalue weighted by Crippen LogP contribution is -2.16. The Morgan fingerprint density at radius 3 is 1.13 bits per heavy atom. The van der Waals surface area contributed by atoms with E-state index in [2.05, 4.69) is 0 Å². The fourth-order valence-corrected chi connectivity index (χ4v) is 3.59. The number of hydrogen-bond acceptors (Lipinski definition) is 5. The molecule has 6 nitrogen and oxygen atoms in total. The van der Waals surface area contributed by atoms with Gasteiger partial charge in [0, 0.05) is 22.7 Å². The average Bonchev–Trinajstić information content (AvgIpc) is 2.60. The highest BCUT2D eigenvalue weighted by molar-refractivity contribution is 7.73. The van der Waals surface area contributed by atoms with E-state index >= 15 is 0 Å². The molecule has 0 fully saturated rings. The SMILES string of the molecule is COc1cc(OC)cc(P(=O)(O)c2cc(OC)cc(OC)c2)c1. The molecule has 0 saturated carbocycles. The van der Waals surface area contributed by atoms with Crippen LogP contribution in [-0.4, -0.2) is 33.3 Å². The Hall–Kier alpha value is -2.17. The van der Waals surface area contributed by atoms with Crippen molar-refractivity contribution in [3.8, 4) is 23.0 Å². The maximum absolute atomic E-state index is 13.0. The number of hydrogen-bond donors (Lipinski definition) is 1. The van der Waals surface area contributed by atoms with Crippen molar-refractivity contribution in [3.05, 3.63) is 36.4 Å². The molecule has 0 spiro atoms. The molecule has 0 radical (unpaired) electrons. The quantitative estimate of drug-likeness (QED) is 0.812. The highest BCUT2D eigenvalue weighted by atomic mass is 31.2. The normalized spacial score (nSPS) is 11.0. The molecule has 0 aliphatic heterocycles. The zero-order valence-electron chi connectivity index (χ0n) is 13.4.